The lowest BCUT2D eigenvalue weighted by Crippen LogP contribution is -2.26. The summed E-state index contributed by atoms with van der Waals surface area (Å²) in [5.41, 5.74) is 1.48. The highest BCUT2D eigenvalue weighted by Crippen LogP contribution is 2.54. The van der Waals surface area contributed by atoms with Crippen molar-refractivity contribution >= 4 is 11.8 Å². The average molecular weight is 207 g/mol. The molecule has 0 aromatic heterocycles. The number of hydrogen-bond donors (Lipinski definition) is 1. The third-order valence-corrected chi connectivity index (χ3v) is 3.81. The predicted molar refractivity (Wildman–Crippen MR) is 63.7 cm³/mol. The van der Waals surface area contributed by atoms with Crippen LogP contribution in [0.15, 0.2) is 30.3 Å². The van der Waals surface area contributed by atoms with E-state index in [1.165, 1.54) is 5.56 Å². The predicted octanol–water partition coefficient (Wildman–Crippen LogP) is 2.84. The van der Waals surface area contributed by atoms with E-state index < -0.39 is 0 Å². The van der Waals surface area contributed by atoms with E-state index in [0.29, 0.717) is 6.04 Å². The van der Waals surface area contributed by atoms with Crippen LogP contribution in [0.4, 0.5) is 0 Å². The summed E-state index contributed by atoms with van der Waals surface area (Å²) in [5, 5.41) is 5.02. The van der Waals surface area contributed by atoms with Crippen LogP contribution in [0.3, 0.4) is 0 Å². The smallest absolute Gasteiger partial charge is 0.0432 e. The summed E-state index contributed by atoms with van der Waals surface area (Å²) in [5.74, 6) is 0. The number of benzene rings is 1. The summed E-state index contributed by atoms with van der Waals surface area (Å²) >= 11 is 2.07. The van der Waals surface area contributed by atoms with Crippen LogP contribution in [0, 0.1) is 0 Å². The molecule has 14 heavy (non-hydrogen) atoms. The second-order valence-corrected chi connectivity index (χ2v) is 5.45. The number of thioether (sulfide) groups is 1. The molecule has 1 aliphatic heterocycles. The van der Waals surface area contributed by atoms with Crippen molar-refractivity contribution in [1.29, 1.82) is 0 Å². The SMILES string of the molecule is CC(C)NC[C@H]1S[C@@H]1c1ccccc1. The topological polar surface area (TPSA) is 12.0 Å². The van der Waals surface area contributed by atoms with Crippen molar-refractivity contribution in [2.24, 2.45) is 0 Å². The first-order chi connectivity index (χ1) is 6.77. The molecule has 2 heteroatoms. The van der Waals surface area contributed by atoms with Crippen molar-refractivity contribution < 1.29 is 0 Å². The first kappa shape index (κ1) is 10.1. The largest absolute Gasteiger partial charge is 0.313 e. The molecular formula is C12H17NS. The molecule has 1 nitrogen and oxygen atoms in total. The van der Waals surface area contributed by atoms with Crippen LogP contribution >= 0.6 is 11.8 Å². The minimum absolute atomic E-state index is 0.604. The van der Waals surface area contributed by atoms with E-state index in [1.54, 1.807) is 0 Å². The van der Waals surface area contributed by atoms with Crippen LogP contribution in [0.2, 0.25) is 0 Å². The molecule has 2 rings (SSSR count). The van der Waals surface area contributed by atoms with Crippen molar-refractivity contribution in [1.82, 2.24) is 5.32 Å². The van der Waals surface area contributed by atoms with Crippen LogP contribution in [-0.4, -0.2) is 17.8 Å². The van der Waals surface area contributed by atoms with Gasteiger partial charge in [0.15, 0.2) is 0 Å². The Balaban J connectivity index is 1.82. The van der Waals surface area contributed by atoms with Crippen molar-refractivity contribution in [2.75, 3.05) is 6.54 Å². The minimum Gasteiger partial charge on any atom is -0.313 e. The molecule has 0 aliphatic carbocycles. The van der Waals surface area contributed by atoms with Crippen LogP contribution in [0.25, 0.3) is 0 Å². The third kappa shape index (κ3) is 2.52. The molecule has 1 aliphatic rings. The Bertz CT molecular complexity index is 284. The molecule has 0 amide bonds. The standard InChI is InChI=1S/C12H17NS/c1-9(2)13-8-11-12(14-11)10-6-4-3-5-7-10/h3-7,9,11-13H,8H2,1-2H3/t11-,12-/m1/s1. The minimum atomic E-state index is 0.604. The Labute approximate surface area is 90.3 Å². The molecule has 1 heterocycles. The maximum absolute atomic E-state index is 3.49. The highest BCUT2D eigenvalue weighted by molar-refractivity contribution is 8.07. The lowest BCUT2D eigenvalue weighted by Gasteiger charge is -2.05. The van der Waals surface area contributed by atoms with E-state index >= 15 is 0 Å². The Kier molecular flexibility index (Phi) is 3.14. The van der Waals surface area contributed by atoms with E-state index in [-0.39, 0.29) is 0 Å². The molecule has 0 spiro atoms. The fraction of sp³-hybridized carbons (Fsp3) is 0.500. The van der Waals surface area contributed by atoms with E-state index in [1.807, 2.05) is 0 Å². The summed E-state index contributed by atoms with van der Waals surface area (Å²) in [6, 6.07) is 11.4. The zero-order chi connectivity index (χ0) is 9.97. The maximum Gasteiger partial charge on any atom is 0.0432 e. The number of rotatable bonds is 4. The van der Waals surface area contributed by atoms with Gasteiger partial charge in [-0.1, -0.05) is 44.2 Å². The van der Waals surface area contributed by atoms with Crippen molar-refractivity contribution in [3.8, 4) is 0 Å². The molecule has 0 saturated carbocycles. The van der Waals surface area contributed by atoms with Gasteiger partial charge < -0.3 is 5.32 Å². The molecule has 1 aromatic carbocycles. The Morgan fingerprint density at radius 3 is 2.64 bits per heavy atom. The average Bonchev–Trinajstić information content (AvgIpc) is 2.95. The molecule has 1 saturated heterocycles. The zero-order valence-corrected chi connectivity index (χ0v) is 9.55. The first-order valence-electron chi connectivity index (χ1n) is 5.21. The van der Waals surface area contributed by atoms with Crippen molar-refractivity contribution in [3.63, 3.8) is 0 Å². The van der Waals surface area contributed by atoms with Gasteiger partial charge in [-0.3, -0.25) is 0 Å². The van der Waals surface area contributed by atoms with Crippen molar-refractivity contribution in [3.05, 3.63) is 35.9 Å². The van der Waals surface area contributed by atoms with Crippen LogP contribution in [0.1, 0.15) is 24.7 Å². The summed E-state index contributed by atoms with van der Waals surface area (Å²) < 4.78 is 0. The zero-order valence-electron chi connectivity index (χ0n) is 8.73. The molecule has 0 radical (unpaired) electrons. The molecule has 1 aromatic rings. The highest BCUT2D eigenvalue weighted by atomic mass is 32.2. The first-order valence-corrected chi connectivity index (χ1v) is 6.15. The van der Waals surface area contributed by atoms with Crippen LogP contribution < -0.4 is 5.32 Å². The van der Waals surface area contributed by atoms with Gasteiger partial charge in [-0.05, 0) is 5.56 Å². The van der Waals surface area contributed by atoms with Gasteiger partial charge in [-0.2, -0.15) is 0 Å². The van der Waals surface area contributed by atoms with Gasteiger partial charge in [0, 0.05) is 23.1 Å². The van der Waals surface area contributed by atoms with Crippen LogP contribution in [0.5, 0.6) is 0 Å². The molecule has 2 atom stereocenters. The third-order valence-electron chi connectivity index (χ3n) is 2.44. The molecular weight excluding hydrogens is 190 g/mol. The molecule has 1 fully saturated rings. The van der Waals surface area contributed by atoms with E-state index in [4.69, 9.17) is 0 Å². The fourth-order valence-electron chi connectivity index (χ4n) is 1.59. The summed E-state index contributed by atoms with van der Waals surface area (Å²) in [4.78, 5) is 0. The lowest BCUT2D eigenvalue weighted by molar-refractivity contribution is 0.591. The van der Waals surface area contributed by atoms with Gasteiger partial charge in [-0.25, -0.2) is 0 Å². The van der Waals surface area contributed by atoms with E-state index in [2.05, 4.69) is 61.3 Å². The normalized spacial score (nSPS) is 25.4. The summed E-state index contributed by atoms with van der Waals surface area (Å²) in [6.07, 6.45) is 0. The Hall–Kier alpha value is -0.470. The second-order valence-electron chi connectivity index (χ2n) is 4.07. The molecule has 1 N–H and O–H groups in total. The van der Waals surface area contributed by atoms with Crippen LogP contribution in [-0.2, 0) is 0 Å². The van der Waals surface area contributed by atoms with Gasteiger partial charge >= 0.3 is 0 Å². The Morgan fingerprint density at radius 1 is 1.29 bits per heavy atom. The highest BCUT2D eigenvalue weighted by Gasteiger charge is 2.38. The Morgan fingerprint density at radius 2 is 2.00 bits per heavy atom. The molecule has 0 unspecified atom stereocenters. The monoisotopic (exact) mass is 207 g/mol. The van der Waals surface area contributed by atoms with Crippen molar-refractivity contribution in [2.45, 2.75) is 30.4 Å². The van der Waals surface area contributed by atoms with Gasteiger partial charge in [-0.15, -0.1) is 11.8 Å². The second kappa shape index (κ2) is 4.37. The quantitative estimate of drug-likeness (QED) is 0.762. The van der Waals surface area contributed by atoms with Gasteiger partial charge in [0.25, 0.3) is 0 Å². The fourth-order valence-corrected chi connectivity index (χ4v) is 2.63. The molecule has 76 valence electrons. The molecule has 0 bridgehead atoms. The van der Waals surface area contributed by atoms with Gasteiger partial charge in [0.1, 0.15) is 0 Å². The van der Waals surface area contributed by atoms with Gasteiger partial charge in [0.05, 0.1) is 0 Å². The number of nitrogens with one attached hydrogen (secondary N) is 1. The van der Waals surface area contributed by atoms with E-state index in [9.17, 15) is 0 Å². The van der Waals surface area contributed by atoms with E-state index in [0.717, 1.165) is 17.0 Å². The lowest BCUT2D eigenvalue weighted by atomic mass is 10.1. The van der Waals surface area contributed by atoms with Gasteiger partial charge in [0.2, 0.25) is 0 Å². The summed E-state index contributed by atoms with van der Waals surface area (Å²) in [6.45, 7) is 5.54. The summed E-state index contributed by atoms with van der Waals surface area (Å²) in [7, 11) is 0. The maximum atomic E-state index is 3.49. The number of hydrogen-bond acceptors (Lipinski definition) is 2.